The van der Waals surface area contributed by atoms with Crippen LogP contribution in [0.2, 0.25) is 0 Å². The first-order valence-corrected chi connectivity index (χ1v) is 11.5. The van der Waals surface area contributed by atoms with Crippen molar-refractivity contribution in [2.45, 2.75) is 18.9 Å². The molecule has 1 amide bonds. The highest BCUT2D eigenvalue weighted by Gasteiger charge is 2.26. The predicted octanol–water partition coefficient (Wildman–Crippen LogP) is 4.17. The van der Waals surface area contributed by atoms with Crippen molar-refractivity contribution < 1.29 is 13.6 Å². The van der Waals surface area contributed by atoms with Crippen LogP contribution in [-0.4, -0.2) is 69.1 Å². The molecule has 0 saturated carbocycles. The zero-order valence-electron chi connectivity index (χ0n) is 19.6. The Morgan fingerprint density at radius 1 is 0.971 bits per heavy atom. The molecule has 9 heteroatoms. The van der Waals surface area contributed by atoms with Crippen LogP contribution in [0.3, 0.4) is 0 Å². The molecule has 1 fully saturated rings. The first-order chi connectivity index (χ1) is 17.0. The molecule has 0 bridgehead atoms. The molecule has 0 radical (unpaired) electrons. The monoisotopic (exact) mass is 472 g/mol. The molecule has 3 heterocycles. The van der Waals surface area contributed by atoms with Gasteiger partial charge in [0.15, 0.2) is 0 Å². The average Bonchev–Trinajstić information content (AvgIpc) is 3.39. The summed E-state index contributed by atoms with van der Waals surface area (Å²) in [5.74, 6) is -0.285. The van der Waals surface area contributed by atoms with Crippen LogP contribution < -0.4 is 0 Å². The summed E-state index contributed by atoms with van der Waals surface area (Å²) in [6.45, 7) is 1.23. The van der Waals surface area contributed by atoms with E-state index < -0.39 is 5.82 Å². The lowest BCUT2D eigenvalue weighted by molar-refractivity contribution is 0.0658. The molecule has 2 aromatic carbocycles. The smallest absolute Gasteiger partial charge is 0.268 e. The van der Waals surface area contributed by atoms with E-state index in [0.29, 0.717) is 42.0 Å². The summed E-state index contributed by atoms with van der Waals surface area (Å²) in [6, 6.07) is 14.4. The van der Waals surface area contributed by atoms with E-state index in [0.717, 1.165) is 18.4 Å². The number of rotatable bonds is 5. The lowest BCUT2D eigenvalue weighted by atomic mass is 10.0. The Labute approximate surface area is 202 Å². The van der Waals surface area contributed by atoms with Crippen LogP contribution in [0.25, 0.3) is 34.3 Å². The van der Waals surface area contributed by atoms with E-state index in [-0.39, 0.29) is 17.4 Å². The van der Waals surface area contributed by atoms with Gasteiger partial charge in [-0.25, -0.2) is 9.37 Å². The molecule has 0 unspecified atom stereocenters. The second-order valence-electron chi connectivity index (χ2n) is 8.75. The van der Waals surface area contributed by atoms with Gasteiger partial charge in [-0.1, -0.05) is 24.3 Å². The van der Waals surface area contributed by atoms with E-state index in [9.17, 15) is 4.79 Å². The summed E-state index contributed by atoms with van der Waals surface area (Å²) in [5, 5.41) is 8.15. The molecule has 1 aliphatic rings. The Balaban J connectivity index is 1.34. The van der Waals surface area contributed by atoms with Gasteiger partial charge in [-0.3, -0.25) is 9.78 Å². The Bertz CT molecular complexity index is 1330. The second kappa shape index (κ2) is 9.71. The first-order valence-electron chi connectivity index (χ1n) is 11.5. The van der Waals surface area contributed by atoms with Gasteiger partial charge in [0, 0.05) is 30.3 Å². The Morgan fingerprint density at radius 3 is 2.40 bits per heavy atom. The first kappa shape index (κ1) is 22.8. The minimum absolute atomic E-state index is 0.0607. The van der Waals surface area contributed by atoms with Crippen LogP contribution in [0.4, 0.5) is 4.39 Å². The molecular weight excluding hydrogens is 447 g/mol. The number of likely N-dealkylation sites (tertiary alicyclic amines) is 1. The van der Waals surface area contributed by atoms with Gasteiger partial charge >= 0.3 is 0 Å². The number of amides is 1. The summed E-state index contributed by atoms with van der Waals surface area (Å²) in [5.41, 5.74) is 2.17. The number of piperidine rings is 1. The highest BCUT2D eigenvalue weighted by molar-refractivity contribution is 5.95. The quantitative estimate of drug-likeness (QED) is 0.431. The molecule has 4 aromatic rings. The van der Waals surface area contributed by atoms with Crippen molar-refractivity contribution in [1.29, 1.82) is 0 Å². The number of hydrogen-bond donors (Lipinski definition) is 0. The maximum absolute atomic E-state index is 15.0. The van der Waals surface area contributed by atoms with Crippen LogP contribution >= 0.6 is 0 Å². The molecule has 1 saturated heterocycles. The molecule has 8 nitrogen and oxygen atoms in total. The molecular formula is C26H25FN6O2. The van der Waals surface area contributed by atoms with Crippen molar-refractivity contribution in [1.82, 2.24) is 30.0 Å². The Morgan fingerprint density at radius 2 is 1.69 bits per heavy atom. The zero-order valence-corrected chi connectivity index (χ0v) is 19.6. The van der Waals surface area contributed by atoms with Crippen LogP contribution in [0, 0.1) is 5.82 Å². The van der Waals surface area contributed by atoms with E-state index >= 15 is 4.39 Å². The van der Waals surface area contributed by atoms with Crippen molar-refractivity contribution in [3.05, 3.63) is 72.3 Å². The van der Waals surface area contributed by atoms with Crippen LogP contribution in [-0.2, 0) is 0 Å². The highest BCUT2D eigenvalue weighted by atomic mass is 19.1. The molecule has 0 N–H and O–H groups in total. The van der Waals surface area contributed by atoms with Gasteiger partial charge in [0.1, 0.15) is 11.5 Å². The molecule has 0 aliphatic carbocycles. The number of aromatic nitrogens is 4. The molecule has 2 aromatic heterocycles. The van der Waals surface area contributed by atoms with Crippen molar-refractivity contribution >= 4 is 5.91 Å². The van der Waals surface area contributed by atoms with Crippen molar-refractivity contribution in [3.8, 4) is 34.3 Å². The third kappa shape index (κ3) is 4.81. The third-order valence-corrected chi connectivity index (χ3v) is 6.28. The highest BCUT2D eigenvalue weighted by Crippen LogP contribution is 2.26. The van der Waals surface area contributed by atoms with Crippen molar-refractivity contribution in [3.63, 3.8) is 0 Å². The fraction of sp³-hybridized carbons (Fsp3) is 0.269. The van der Waals surface area contributed by atoms with Crippen LogP contribution in [0.5, 0.6) is 0 Å². The Kier molecular flexibility index (Phi) is 6.33. The number of benzene rings is 2. The van der Waals surface area contributed by atoms with E-state index in [1.165, 1.54) is 24.5 Å². The third-order valence-electron chi connectivity index (χ3n) is 6.28. The van der Waals surface area contributed by atoms with E-state index in [1.54, 1.807) is 11.0 Å². The van der Waals surface area contributed by atoms with Gasteiger partial charge in [-0.05, 0) is 51.2 Å². The van der Waals surface area contributed by atoms with Crippen LogP contribution in [0.1, 0.15) is 23.2 Å². The van der Waals surface area contributed by atoms with Gasteiger partial charge in [0.25, 0.3) is 11.8 Å². The van der Waals surface area contributed by atoms with Gasteiger partial charge in [0.05, 0.1) is 23.7 Å². The van der Waals surface area contributed by atoms with E-state index in [2.05, 4.69) is 25.1 Å². The number of carbonyl (C=O) groups is 1. The maximum Gasteiger partial charge on any atom is 0.268 e. The van der Waals surface area contributed by atoms with Gasteiger partial charge in [-0.15, -0.1) is 10.2 Å². The van der Waals surface area contributed by atoms with Gasteiger partial charge in [0.2, 0.25) is 5.89 Å². The largest absolute Gasteiger partial charge is 0.415 e. The Hall–Kier alpha value is -3.98. The minimum Gasteiger partial charge on any atom is -0.415 e. The summed E-state index contributed by atoms with van der Waals surface area (Å²) >= 11 is 0. The van der Waals surface area contributed by atoms with Crippen molar-refractivity contribution in [2.75, 3.05) is 27.2 Å². The normalized spacial score (nSPS) is 14.5. The molecule has 35 heavy (non-hydrogen) atoms. The van der Waals surface area contributed by atoms with Crippen molar-refractivity contribution in [2.24, 2.45) is 0 Å². The summed E-state index contributed by atoms with van der Waals surface area (Å²) < 4.78 is 20.8. The SMILES string of the molecule is CN(C)C1CCN(C(=O)c2ccc(-c3cncc(-c4nnc(-c5ccccc5)o4)n3)cc2F)CC1. The van der Waals surface area contributed by atoms with E-state index in [4.69, 9.17) is 4.42 Å². The summed E-state index contributed by atoms with van der Waals surface area (Å²) in [4.78, 5) is 25.5. The van der Waals surface area contributed by atoms with Gasteiger partial charge < -0.3 is 14.2 Å². The molecule has 1 aliphatic heterocycles. The van der Waals surface area contributed by atoms with E-state index in [1.807, 2.05) is 44.4 Å². The summed E-state index contributed by atoms with van der Waals surface area (Å²) in [6.07, 6.45) is 4.79. The lowest BCUT2D eigenvalue weighted by Crippen LogP contribution is -2.44. The molecule has 178 valence electrons. The summed E-state index contributed by atoms with van der Waals surface area (Å²) in [7, 11) is 4.08. The minimum atomic E-state index is -0.585. The number of carbonyl (C=O) groups excluding carboxylic acids is 1. The molecule has 0 spiro atoms. The fourth-order valence-electron chi connectivity index (χ4n) is 4.24. The molecule has 5 rings (SSSR count). The molecule has 0 atom stereocenters. The predicted molar refractivity (Wildman–Crippen MR) is 129 cm³/mol. The van der Waals surface area contributed by atoms with Gasteiger partial charge in [-0.2, -0.15) is 0 Å². The average molecular weight is 473 g/mol. The lowest BCUT2D eigenvalue weighted by Gasteiger charge is -2.35. The topological polar surface area (TPSA) is 88.2 Å². The maximum atomic E-state index is 15.0. The van der Waals surface area contributed by atoms with Crippen LogP contribution in [0.15, 0.2) is 65.3 Å². The standard InChI is InChI=1S/C26H25FN6O2/c1-32(2)19-10-12-33(13-11-19)26(34)20-9-8-18(14-21(20)27)22-15-28-16-23(29-22)25-31-30-24(35-25)17-6-4-3-5-7-17/h3-9,14-16,19H,10-13H2,1-2H3. The number of nitrogens with zero attached hydrogens (tertiary/aromatic N) is 6. The second-order valence-corrected chi connectivity index (χ2v) is 8.75. The number of halogens is 1. The zero-order chi connectivity index (χ0) is 24.4. The fourth-order valence-corrected chi connectivity index (χ4v) is 4.24. The number of hydrogen-bond acceptors (Lipinski definition) is 7.